The zero-order chi connectivity index (χ0) is 12.3. The predicted molar refractivity (Wildman–Crippen MR) is 64.0 cm³/mol. The second-order valence-electron chi connectivity index (χ2n) is 3.38. The van der Waals surface area contributed by atoms with Gasteiger partial charge >= 0.3 is 0 Å². The van der Waals surface area contributed by atoms with Gasteiger partial charge in [0, 0.05) is 11.6 Å². The van der Waals surface area contributed by atoms with Gasteiger partial charge in [-0.3, -0.25) is 10.1 Å². The number of nitroso groups, excluding NO2 is 1. The molecule has 0 saturated carbocycles. The maximum absolute atomic E-state index is 10.9. The van der Waals surface area contributed by atoms with Crippen LogP contribution in [0.2, 0.25) is 0 Å². The highest BCUT2D eigenvalue weighted by Crippen LogP contribution is 2.35. The molecule has 5 heteroatoms. The van der Waals surface area contributed by atoms with Gasteiger partial charge in [0.1, 0.15) is 5.69 Å². The number of para-hydroxylation sites is 1. The average Bonchev–Trinajstić information content (AvgIpc) is 2.38. The minimum atomic E-state index is -0.475. The number of benzene rings is 2. The number of nitro groups is 1. The predicted octanol–water partition coefficient (Wildman–Crippen LogP) is 3.66. The van der Waals surface area contributed by atoms with Crippen molar-refractivity contribution in [3.8, 4) is 11.1 Å². The molecule has 0 unspecified atom stereocenters. The zero-order valence-electron chi connectivity index (χ0n) is 8.74. The minimum Gasteiger partial charge on any atom is -0.258 e. The van der Waals surface area contributed by atoms with Crippen LogP contribution in [0.3, 0.4) is 0 Å². The first kappa shape index (κ1) is 10.9. The Kier molecular flexibility index (Phi) is 2.91. The van der Waals surface area contributed by atoms with Crippen molar-refractivity contribution in [2.75, 3.05) is 0 Å². The molecule has 17 heavy (non-hydrogen) atoms. The van der Waals surface area contributed by atoms with E-state index in [1.807, 2.05) is 0 Å². The zero-order valence-corrected chi connectivity index (χ0v) is 8.74. The van der Waals surface area contributed by atoms with Crippen LogP contribution in [0.25, 0.3) is 11.1 Å². The summed E-state index contributed by atoms with van der Waals surface area (Å²) in [4.78, 5) is 21.1. The van der Waals surface area contributed by atoms with Crippen LogP contribution in [0.4, 0.5) is 11.4 Å². The summed E-state index contributed by atoms with van der Waals surface area (Å²) in [5.41, 5.74) is 1.02. The number of rotatable bonds is 3. The van der Waals surface area contributed by atoms with Crippen LogP contribution in [-0.2, 0) is 0 Å². The smallest absolute Gasteiger partial charge is 0.258 e. The Labute approximate surface area is 96.8 Å². The Morgan fingerprint density at radius 3 is 2.18 bits per heavy atom. The van der Waals surface area contributed by atoms with E-state index >= 15 is 0 Å². The lowest BCUT2D eigenvalue weighted by molar-refractivity contribution is -0.384. The molecule has 0 radical (unpaired) electrons. The molecule has 0 aromatic heterocycles. The monoisotopic (exact) mass is 228 g/mol. The third kappa shape index (κ3) is 2.03. The molecule has 84 valence electrons. The lowest BCUT2D eigenvalue weighted by Gasteiger charge is -2.04. The second-order valence-corrected chi connectivity index (χ2v) is 3.38. The molecule has 0 atom stereocenters. The van der Waals surface area contributed by atoms with Crippen molar-refractivity contribution in [3.05, 3.63) is 63.6 Å². The maximum atomic E-state index is 10.9. The van der Waals surface area contributed by atoms with E-state index in [0.29, 0.717) is 11.1 Å². The minimum absolute atomic E-state index is 0.0383. The van der Waals surface area contributed by atoms with Gasteiger partial charge in [0.15, 0.2) is 0 Å². The highest BCUT2D eigenvalue weighted by Gasteiger charge is 2.16. The van der Waals surface area contributed by atoms with Crippen LogP contribution >= 0.6 is 0 Å². The Morgan fingerprint density at radius 2 is 1.53 bits per heavy atom. The lowest BCUT2D eigenvalue weighted by Crippen LogP contribution is -1.91. The van der Waals surface area contributed by atoms with Gasteiger partial charge < -0.3 is 0 Å². The van der Waals surface area contributed by atoms with Crippen molar-refractivity contribution in [1.29, 1.82) is 0 Å². The third-order valence-electron chi connectivity index (χ3n) is 2.39. The Hall–Kier alpha value is -2.56. The highest BCUT2D eigenvalue weighted by atomic mass is 16.6. The summed E-state index contributed by atoms with van der Waals surface area (Å²) in [7, 11) is 0. The van der Waals surface area contributed by atoms with Crippen LogP contribution in [-0.4, -0.2) is 4.92 Å². The maximum Gasteiger partial charge on any atom is 0.277 e. The lowest BCUT2D eigenvalue weighted by atomic mass is 10.0. The van der Waals surface area contributed by atoms with Crippen molar-refractivity contribution in [3.63, 3.8) is 0 Å². The SMILES string of the molecule is O=Nc1ccccc1-c1ccccc1[N+](=O)[O-]. The van der Waals surface area contributed by atoms with Gasteiger partial charge in [-0.1, -0.05) is 30.3 Å². The Balaban J connectivity index is 2.68. The Morgan fingerprint density at radius 1 is 0.941 bits per heavy atom. The fraction of sp³-hybridized carbons (Fsp3) is 0. The van der Waals surface area contributed by atoms with Gasteiger partial charge in [-0.05, 0) is 17.3 Å². The van der Waals surface area contributed by atoms with Crippen LogP contribution in [0, 0.1) is 15.0 Å². The molecule has 2 aromatic rings. The molecule has 0 fully saturated rings. The quantitative estimate of drug-likeness (QED) is 0.457. The van der Waals surface area contributed by atoms with Crippen molar-refractivity contribution < 1.29 is 4.92 Å². The summed E-state index contributed by atoms with van der Waals surface area (Å²) < 4.78 is 0. The molecule has 5 nitrogen and oxygen atoms in total. The van der Waals surface area contributed by atoms with Crippen LogP contribution < -0.4 is 0 Å². The van der Waals surface area contributed by atoms with Crippen molar-refractivity contribution in [1.82, 2.24) is 0 Å². The summed E-state index contributed by atoms with van der Waals surface area (Å²) in [5.74, 6) is 0. The van der Waals surface area contributed by atoms with Crippen LogP contribution in [0.15, 0.2) is 53.7 Å². The fourth-order valence-corrected chi connectivity index (χ4v) is 1.64. The summed E-state index contributed by atoms with van der Waals surface area (Å²) in [6, 6.07) is 12.8. The van der Waals surface area contributed by atoms with Gasteiger partial charge in [0.05, 0.1) is 10.5 Å². The summed E-state index contributed by atoms with van der Waals surface area (Å²) >= 11 is 0. The number of nitrogens with zero attached hydrogens (tertiary/aromatic N) is 2. The topological polar surface area (TPSA) is 72.6 Å². The molecule has 0 bridgehead atoms. The molecule has 0 heterocycles. The first-order chi connectivity index (χ1) is 8.24. The molecule has 2 aromatic carbocycles. The third-order valence-corrected chi connectivity index (χ3v) is 2.39. The second kappa shape index (κ2) is 4.52. The van der Waals surface area contributed by atoms with E-state index in [1.165, 1.54) is 12.1 Å². The molecular formula is C12H8N2O3. The van der Waals surface area contributed by atoms with Gasteiger partial charge in [0.2, 0.25) is 0 Å². The first-order valence-corrected chi connectivity index (χ1v) is 4.90. The van der Waals surface area contributed by atoms with E-state index < -0.39 is 4.92 Å². The fourth-order valence-electron chi connectivity index (χ4n) is 1.64. The highest BCUT2D eigenvalue weighted by molar-refractivity contribution is 5.81. The van der Waals surface area contributed by atoms with Crippen molar-refractivity contribution in [2.45, 2.75) is 0 Å². The molecule has 0 N–H and O–H groups in total. The molecule has 0 aliphatic carbocycles. The molecule has 0 aliphatic rings. The van der Waals surface area contributed by atoms with E-state index in [-0.39, 0.29) is 11.4 Å². The van der Waals surface area contributed by atoms with Gasteiger partial charge in [-0.15, -0.1) is 4.91 Å². The summed E-state index contributed by atoms with van der Waals surface area (Å²) in [6.45, 7) is 0. The molecule has 0 spiro atoms. The normalized spacial score (nSPS) is 9.88. The number of nitro benzene ring substituents is 1. The number of hydrogen-bond acceptors (Lipinski definition) is 4. The van der Waals surface area contributed by atoms with E-state index in [1.54, 1.807) is 36.4 Å². The Bertz CT molecular complexity index is 581. The summed E-state index contributed by atoms with van der Waals surface area (Å²) in [5, 5.41) is 13.8. The van der Waals surface area contributed by atoms with Gasteiger partial charge in [-0.2, -0.15) is 0 Å². The standard InChI is InChI=1S/C12H8N2O3/c15-13-11-7-3-1-5-9(11)10-6-2-4-8-12(10)14(16)17/h1-8H. The van der Waals surface area contributed by atoms with E-state index in [2.05, 4.69) is 5.18 Å². The molecule has 0 amide bonds. The molecular weight excluding hydrogens is 220 g/mol. The van der Waals surface area contributed by atoms with Crippen molar-refractivity contribution in [2.24, 2.45) is 5.18 Å². The molecule has 0 aliphatic heterocycles. The van der Waals surface area contributed by atoms with E-state index in [0.717, 1.165) is 0 Å². The molecule has 2 rings (SSSR count). The van der Waals surface area contributed by atoms with Gasteiger partial charge in [-0.25, -0.2) is 0 Å². The largest absolute Gasteiger partial charge is 0.277 e. The van der Waals surface area contributed by atoms with E-state index in [4.69, 9.17) is 0 Å². The van der Waals surface area contributed by atoms with Crippen LogP contribution in [0.5, 0.6) is 0 Å². The summed E-state index contributed by atoms with van der Waals surface area (Å²) in [6.07, 6.45) is 0. The van der Waals surface area contributed by atoms with E-state index in [9.17, 15) is 15.0 Å². The number of hydrogen-bond donors (Lipinski definition) is 0. The average molecular weight is 228 g/mol. The van der Waals surface area contributed by atoms with Gasteiger partial charge in [0.25, 0.3) is 5.69 Å². The molecule has 0 saturated heterocycles. The van der Waals surface area contributed by atoms with Crippen molar-refractivity contribution >= 4 is 11.4 Å². The first-order valence-electron chi connectivity index (χ1n) is 4.90. The van der Waals surface area contributed by atoms with Crippen LogP contribution in [0.1, 0.15) is 0 Å².